The Morgan fingerprint density at radius 1 is 1.21 bits per heavy atom. The number of ether oxygens (including phenoxy) is 1. The van der Waals surface area contributed by atoms with E-state index in [0.29, 0.717) is 24.1 Å². The van der Waals surface area contributed by atoms with Gasteiger partial charge in [-0.15, -0.1) is 5.10 Å². The number of amides is 1. The smallest absolute Gasteiger partial charge is 0.233 e. The number of carbonyl (C=O) groups is 1. The van der Waals surface area contributed by atoms with Gasteiger partial charge in [-0.1, -0.05) is 58.0 Å². The van der Waals surface area contributed by atoms with Gasteiger partial charge in [0.2, 0.25) is 11.1 Å². The third kappa shape index (κ3) is 4.90. The number of nitrogens with zero attached hydrogens (tertiary/aromatic N) is 5. The fourth-order valence-corrected chi connectivity index (χ4v) is 3.77. The Morgan fingerprint density at radius 2 is 1.96 bits per heavy atom. The minimum absolute atomic E-state index is 0.00611. The number of carbonyl (C=O) groups excluding carboxylic acids is 1. The fourth-order valence-electron chi connectivity index (χ4n) is 2.54. The van der Waals surface area contributed by atoms with E-state index >= 15 is 0 Å². The monoisotopic (exact) mass is 461 g/mol. The van der Waals surface area contributed by atoms with Crippen molar-refractivity contribution in [1.82, 2.24) is 25.1 Å². The van der Waals surface area contributed by atoms with E-state index in [-0.39, 0.29) is 11.7 Å². The Kier molecular flexibility index (Phi) is 7.05. The highest BCUT2D eigenvalue weighted by atomic mass is 79.9. The van der Waals surface area contributed by atoms with Crippen LogP contribution >= 0.6 is 27.7 Å². The highest BCUT2D eigenvalue weighted by Gasteiger charge is 2.17. The van der Waals surface area contributed by atoms with Gasteiger partial charge in [0.1, 0.15) is 11.4 Å². The van der Waals surface area contributed by atoms with Crippen LogP contribution in [0.25, 0.3) is 5.69 Å². The van der Waals surface area contributed by atoms with Gasteiger partial charge in [-0.3, -0.25) is 4.79 Å². The maximum atomic E-state index is 12.6. The maximum Gasteiger partial charge on any atom is 0.233 e. The quantitative estimate of drug-likeness (QED) is 0.477. The molecule has 1 amide bonds. The summed E-state index contributed by atoms with van der Waals surface area (Å²) in [4.78, 5) is 14.2. The largest absolute Gasteiger partial charge is 0.492 e. The lowest BCUT2D eigenvalue weighted by Crippen LogP contribution is -2.28. The molecule has 2 aromatic carbocycles. The summed E-state index contributed by atoms with van der Waals surface area (Å²) in [5, 5.41) is 12.4. The van der Waals surface area contributed by atoms with Crippen molar-refractivity contribution in [1.29, 1.82) is 0 Å². The molecule has 3 rings (SSSR count). The highest BCUT2D eigenvalue weighted by molar-refractivity contribution is 9.10. The van der Waals surface area contributed by atoms with Crippen molar-refractivity contribution in [3.63, 3.8) is 0 Å². The Labute approximate surface area is 176 Å². The van der Waals surface area contributed by atoms with Crippen LogP contribution in [0.4, 0.5) is 0 Å². The van der Waals surface area contributed by atoms with Crippen LogP contribution in [0.1, 0.15) is 12.5 Å². The van der Waals surface area contributed by atoms with Gasteiger partial charge in [0.25, 0.3) is 0 Å². The first-order valence-corrected chi connectivity index (χ1v) is 10.5. The van der Waals surface area contributed by atoms with E-state index in [1.807, 2.05) is 55.5 Å². The Morgan fingerprint density at radius 3 is 2.75 bits per heavy atom. The van der Waals surface area contributed by atoms with E-state index in [1.165, 1.54) is 11.8 Å². The van der Waals surface area contributed by atoms with Gasteiger partial charge in [-0.25, -0.2) is 0 Å². The molecule has 0 aliphatic rings. The lowest BCUT2D eigenvalue weighted by atomic mass is 10.2. The molecule has 0 spiro atoms. The molecule has 3 aromatic rings. The van der Waals surface area contributed by atoms with Crippen molar-refractivity contribution < 1.29 is 9.53 Å². The predicted molar refractivity (Wildman–Crippen MR) is 112 cm³/mol. The second kappa shape index (κ2) is 9.70. The number of tetrazole rings is 1. The second-order valence-electron chi connectivity index (χ2n) is 5.90. The zero-order chi connectivity index (χ0) is 19.9. The van der Waals surface area contributed by atoms with Crippen molar-refractivity contribution in [2.24, 2.45) is 0 Å². The summed E-state index contributed by atoms with van der Waals surface area (Å²) < 4.78 is 8.23. The van der Waals surface area contributed by atoms with Crippen LogP contribution in [0.2, 0.25) is 0 Å². The molecule has 1 aromatic heterocycles. The molecule has 146 valence electrons. The summed E-state index contributed by atoms with van der Waals surface area (Å²) in [5.74, 6) is 0.919. The van der Waals surface area contributed by atoms with Crippen molar-refractivity contribution in [3.8, 4) is 11.4 Å². The van der Waals surface area contributed by atoms with E-state index in [2.05, 4.69) is 31.5 Å². The van der Waals surface area contributed by atoms with Crippen LogP contribution in [-0.2, 0) is 11.3 Å². The zero-order valence-corrected chi connectivity index (χ0v) is 18.0. The van der Waals surface area contributed by atoms with Gasteiger partial charge in [-0.05, 0) is 41.1 Å². The number of benzene rings is 2. The number of thioether (sulfide) groups is 1. The molecular weight excluding hydrogens is 442 g/mol. The molecule has 0 saturated heterocycles. The van der Waals surface area contributed by atoms with Crippen molar-refractivity contribution in [2.45, 2.75) is 18.6 Å². The molecule has 0 atom stereocenters. The van der Waals surface area contributed by atoms with Crippen molar-refractivity contribution in [2.75, 3.05) is 19.4 Å². The summed E-state index contributed by atoms with van der Waals surface area (Å²) in [6, 6.07) is 15.4. The number of hydrogen-bond acceptors (Lipinski definition) is 6. The minimum Gasteiger partial charge on any atom is -0.492 e. The van der Waals surface area contributed by atoms with Crippen molar-refractivity contribution >= 4 is 33.6 Å². The molecule has 7 nitrogen and oxygen atoms in total. The number of halogens is 1. The summed E-state index contributed by atoms with van der Waals surface area (Å²) in [5.41, 5.74) is 1.80. The second-order valence-corrected chi connectivity index (χ2v) is 7.70. The van der Waals surface area contributed by atoms with Crippen molar-refractivity contribution in [3.05, 3.63) is 58.6 Å². The average Bonchev–Trinajstić information content (AvgIpc) is 3.17. The van der Waals surface area contributed by atoms with Gasteiger partial charge in [0.15, 0.2) is 0 Å². The van der Waals surface area contributed by atoms with E-state index in [9.17, 15) is 4.79 Å². The molecule has 0 N–H and O–H groups in total. The summed E-state index contributed by atoms with van der Waals surface area (Å²) in [6.07, 6.45) is 0. The predicted octanol–water partition coefficient (Wildman–Crippen LogP) is 3.57. The van der Waals surface area contributed by atoms with Crippen LogP contribution in [0.15, 0.2) is 58.2 Å². The van der Waals surface area contributed by atoms with Gasteiger partial charge < -0.3 is 9.64 Å². The first kappa shape index (κ1) is 20.3. The Bertz CT molecular complexity index is 949. The Balaban J connectivity index is 1.67. The number of hydrogen-bond donors (Lipinski definition) is 0. The lowest BCUT2D eigenvalue weighted by Gasteiger charge is -2.18. The molecule has 0 bridgehead atoms. The lowest BCUT2D eigenvalue weighted by molar-refractivity contribution is -0.127. The summed E-state index contributed by atoms with van der Waals surface area (Å²) in [6.45, 7) is 2.99. The van der Waals surface area contributed by atoms with E-state index in [1.54, 1.807) is 16.6 Å². The molecule has 0 aliphatic heterocycles. The zero-order valence-electron chi connectivity index (χ0n) is 15.6. The maximum absolute atomic E-state index is 12.6. The normalized spacial score (nSPS) is 10.7. The molecule has 0 saturated carbocycles. The number of aromatic nitrogens is 4. The average molecular weight is 462 g/mol. The first-order valence-electron chi connectivity index (χ1n) is 8.71. The molecular formula is C19H20BrN5O2S. The Hall–Kier alpha value is -2.39. The summed E-state index contributed by atoms with van der Waals surface area (Å²) >= 11 is 4.81. The van der Waals surface area contributed by atoms with E-state index in [4.69, 9.17) is 4.74 Å². The third-order valence-corrected chi connectivity index (χ3v) is 5.63. The fraction of sp³-hybridized carbons (Fsp3) is 0.263. The van der Waals surface area contributed by atoms with E-state index in [0.717, 1.165) is 15.7 Å². The van der Waals surface area contributed by atoms with Crippen LogP contribution in [0.3, 0.4) is 0 Å². The SMILES string of the molecule is CCOc1ccccc1-n1nnnc1SCC(=O)N(C)Cc1ccccc1Br. The van der Waals surface area contributed by atoms with Gasteiger partial charge in [0.05, 0.1) is 12.4 Å². The number of para-hydroxylation sites is 2. The first-order chi connectivity index (χ1) is 13.6. The minimum atomic E-state index is -0.00611. The van der Waals surface area contributed by atoms with Crippen LogP contribution < -0.4 is 4.74 Å². The molecule has 0 fully saturated rings. The summed E-state index contributed by atoms with van der Waals surface area (Å²) in [7, 11) is 1.79. The standard InChI is InChI=1S/C19H20BrN5O2S/c1-3-27-17-11-7-6-10-16(17)25-19(21-22-23-25)28-13-18(26)24(2)12-14-8-4-5-9-15(14)20/h4-11H,3,12-13H2,1-2H3. The third-order valence-electron chi connectivity index (χ3n) is 3.95. The molecule has 0 aliphatic carbocycles. The van der Waals surface area contributed by atoms with Crippen LogP contribution in [0, 0.1) is 0 Å². The molecule has 0 radical (unpaired) electrons. The van der Waals surface area contributed by atoms with Gasteiger partial charge >= 0.3 is 0 Å². The number of rotatable bonds is 8. The molecule has 9 heteroatoms. The van der Waals surface area contributed by atoms with Crippen LogP contribution in [-0.4, -0.2) is 50.4 Å². The van der Waals surface area contributed by atoms with Crippen LogP contribution in [0.5, 0.6) is 5.75 Å². The molecule has 0 unspecified atom stereocenters. The van der Waals surface area contributed by atoms with Gasteiger partial charge in [-0.2, -0.15) is 4.68 Å². The molecule has 28 heavy (non-hydrogen) atoms. The van der Waals surface area contributed by atoms with E-state index < -0.39 is 0 Å². The topological polar surface area (TPSA) is 73.1 Å². The highest BCUT2D eigenvalue weighted by Crippen LogP contribution is 2.26. The molecule has 1 heterocycles. The van der Waals surface area contributed by atoms with Gasteiger partial charge in [0, 0.05) is 18.1 Å².